The van der Waals surface area contributed by atoms with Gasteiger partial charge in [-0.3, -0.25) is 4.98 Å². The molecule has 0 saturated carbocycles. The zero-order valence-corrected chi connectivity index (χ0v) is 10.8. The van der Waals surface area contributed by atoms with E-state index in [1.54, 1.807) is 12.4 Å². The van der Waals surface area contributed by atoms with Crippen LogP contribution in [-0.2, 0) is 0 Å². The van der Waals surface area contributed by atoms with Crippen molar-refractivity contribution in [2.45, 2.75) is 20.8 Å². The minimum Gasteiger partial charge on any atom is -0.479 e. The molecule has 0 spiro atoms. The lowest BCUT2D eigenvalue weighted by molar-refractivity contribution is 0.367. The van der Waals surface area contributed by atoms with Crippen LogP contribution in [0.4, 0.5) is 0 Å². The number of halogens is 1. The SMILES string of the molecule is CC(C)(C)C#CCOc1cncc(Br)c1. The Balaban J connectivity index is 2.47. The molecule has 0 N–H and O–H groups in total. The molecular weight excluding hydrogens is 254 g/mol. The van der Waals surface area contributed by atoms with E-state index < -0.39 is 0 Å². The molecule has 1 aromatic heterocycles. The van der Waals surface area contributed by atoms with Crippen LogP contribution in [-0.4, -0.2) is 11.6 Å². The molecule has 0 unspecified atom stereocenters. The molecule has 1 aromatic rings. The number of ether oxygens (including phenoxy) is 1. The molecule has 2 nitrogen and oxygen atoms in total. The van der Waals surface area contributed by atoms with Gasteiger partial charge in [0.1, 0.15) is 12.4 Å². The van der Waals surface area contributed by atoms with E-state index in [9.17, 15) is 0 Å². The van der Waals surface area contributed by atoms with Crippen molar-refractivity contribution in [3.8, 4) is 17.6 Å². The second kappa shape index (κ2) is 5.18. The number of hydrogen-bond donors (Lipinski definition) is 0. The molecule has 0 aromatic carbocycles. The quantitative estimate of drug-likeness (QED) is 0.768. The third-order valence-corrected chi connectivity index (χ3v) is 1.89. The second-order valence-electron chi connectivity index (χ2n) is 4.18. The number of rotatable bonds is 2. The van der Waals surface area contributed by atoms with Gasteiger partial charge < -0.3 is 4.74 Å². The largest absolute Gasteiger partial charge is 0.479 e. The van der Waals surface area contributed by atoms with Gasteiger partial charge in [0.2, 0.25) is 0 Å². The van der Waals surface area contributed by atoms with E-state index in [1.807, 2.05) is 6.07 Å². The standard InChI is InChI=1S/C12H14BrNO/c1-12(2,3)5-4-6-15-11-7-10(13)8-14-9-11/h7-9H,6H2,1-3H3. The summed E-state index contributed by atoms with van der Waals surface area (Å²) in [6, 6.07) is 1.87. The molecule has 0 fully saturated rings. The van der Waals surface area contributed by atoms with Crippen LogP contribution in [0.3, 0.4) is 0 Å². The lowest BCUT2D eigenvalue weighted by Gasteiger charge is -2.07. The van der Waals surface area contributed by atoms with Crippen LogP contribution in [0.25, 0.3) is 0 Å². The van der Waals surface area contributed by atoms with E-state index in [2.05, 4.69) is 53.5 Å². The van der Waals surface area contributed by atoms with Gasteiger partial charge in [0.05, 0.1) is 6.20 Å². The van der Waals surface area contributed by atoms with Crippen LogP contribution in [0, 0.1) is 17.3 Å². The van der Waals surface area contributed by atoms with Crippen molar-refractivity contribution in [3.63, 3.8) is 0 Å². The summed E-state index contributed by atoms with van der Waals surface area (Å²) in [4.78, 5) is 3.99. The maximum atomic E-state index is 5.42. The fourth-order valence-corrected chi connectivity index (χ4v) is 1.24. The molecule has 3 heteroatoms. The fourth-order valence-electron chi connectivity index (χ4n) is 0.892. The Labute approximate surface area is 99.2 Å². The van der Waals surface area contributed by atoms with Gasteiger partial charge >= 0.3 is 0 Å². The van der Waals surface area contributed by atoms with Crippen LogP contribution in [0.1, 0.15) is 20.8 Å². The van der Waals surface area contributed by atoms with Gasteiger partial charge in [0.25, 0.3) is 0 Å². The number of pyridine rings is 1. The predicted octanol–water partition coefficient (Wildman–Crippen LogP) is 3.27. The van der Waals surface area contributed by atoms with Crippen LogP contribution in [0.15, 0.2) is 22.9 Å². The van der Waals surface area contributed by atoms with E-state index >= 15 is 0 Å². The zero-order valence-electron chi connectivity index (χ0n) is 9.17. The van der Waals surface area contributed by atoms with Gasteiger partial charge in [-0.05, 0) is 42.8 Å². The summed E-state index contributed by atoms with van der Waals surface area (Å²) < 4.78 is 6.32. The fraction of sp³-hybridized carbons (Fsp3) is 0.417. The number of hydrogen-bond acceptors (Lipinski definition) is 2. The van der Waals surface area contributed by atoms with Gasteiger partial charge in [0, 0.05) is 16.1 Å². The first-order valence-corrected chi connectivity index (χ1v) is 5.50. The lowest BCUT2D eigenvalue weighted by Crippen LogP contribution is -2.01. The van der Waals surface area contributed by atoms with Crippen molar-refractivity contribution in [2.75, 3.05) is 6.61 Å². The summed E-state index contributed by atoms with van der Waals surface area (Å²) in [5, 5.41) is 0. The molecule has 0 amide bonds. The lowest BCUT2D eigenvalue weighted by atomic mass is 9.98. The van der Waals surface area contributed by atoms with E-state index in [0.717, 1.165) is 10.2 Å². The van der Waals surface area contributed by atoms with Gasteiger partial charge in [0.15, 0.2) is 0 Å². The first-order valence-electron chi connectivity index (χ1n) is 4.71. The summed E-state index contributed by atoms with van der Waals surface area (Å²) in [5.74, 6) is 6.81. The summed E-state index contributed by atoms with van der Waals surface area (Å²) in [7, 11) is 0. The van der Waals surface area contributed by atoms with Crippen molar-refractivity contribution >= 4 is 15.9 Å². The molecule has 1 heterocycles. The molecule has 80 valence electrons. The van der Waals surface area contributed by atoms with Gasteiger partial charge in [-0.1, -0.05) is 11.8 Å². The number of nitrogens with zero attached hydrogens (tertiary/aromatic N) is 1. The molecule has 1 rings (SSSR count). The highest BCUT2D eigenvalue weighted by Crippen LogP contribution is 2.15. The molecule has 0 radical (unpaired) electrons. The zero-order chi connectivity index (χ0) is 11.3. The van der Waals surface area contributed by atoms with Gasteiger partial charge in [-0.2, -0.15) is 0 Å². The summed E-state index contributed by atoms with van der Waals surface area (Å²) in [5.41, 5.74) is 0.0267. The Hall–Kier alpha value is -1.01. The highest BCUT2D eigenvalue weighted by molar-refractivity contribution is 9.10. The maximum Gasteiger partial charge on any atom is 0.149 e. The van der Waals surface area contributed by atoms with Gasteiger partial charge in [-0.15, -0.1) is 0 Å². The first kappa shape index (κ1) is 12.1. The third kappa shape index (κ3) is 5.44. The van der Waals surface area contributed by atoms with Crippen LogP contribution < -0.4 is 4.74 Å². The van der Waals surface area contributed by atoms with E-state index in [4.69, 9.17) is 4.74 Å². The van der Waals surface area contributed by atoms with Crippen LogP contribution in [0.2, 0.25) is 0 Å². The molecular formula is C12H14BrNO. The Morgan fingerprint density at radius 1 is 1.40 bits per heavy atom. The Morgan fingerprint density at radius 3 is 2.73 bits per heavy atom. The van der Waals surface area contributed by atoms with Crippen molar-refractivity contribution in [1.29, 1.82) is 0 Å². The molecule has 0 aliphatic rings. The minimum atomic E-state index is 0.0267. The predicted molar refractivity (Wildman–Crippen MR) is 64.7 cm³/mol. The molecule has 15 heavy (non-hydrogen) atoms. The summed E-state index contributed by atoms with van der Waals surface area (Å²) >= 11 is 3.32. The molecule has 0 aliphatic carbocycles. The minimum absolute atomic E-state index is 0.0267. The average molecular weight is 268 g/mol. The van der Waals surface area contributed by atoms with Crippen LogP contribution in [0.5, 0.6) is 5.75 Å². The third-order valence-electron chi connectivity index (χ3n) is 1.45. The molecule has 0 atom stereocenters. The summed E-state index contributed by atoms with van der Waals surface area (Å²) in [6.45, 7) is 6.61. The van der Waals surface area contributed by atoms with E-state index in [-0.39, 0.29) is 5.41 Å². The average Bonchev–Trinajstić information content (AvgIpc) is 2.11. The van der Waals surface area contributed by atoms with E-state index in [0.29, 0.717) is 6.61 Å². The smallest absolute Gasteiger partial charge is 0.149 e. The highest BCUT2D eigenvalue weighted by atomic mass is 79.9. The monoisotopic (exact) mass is 267 g/mol. The normalized spacial score (nSPS) is 10.4. The maximum absolute atomic E-state index is 5.42. The van der Waals surface area contributed by atoms with E-state index in [1.165, 1.54) is 0 Å². The van der Waals surface area contributed by atoms with Crippen molar-refractivity contribution in [1.82, 2.24) is 4.98 Å². The second-order valence-corrected chi connectivity index (χ2v) is 5.09. The molecule has 0 aliphatic heterocycles. The molecule has 0 saturated heterocycles. The number of aromatic nitrogens is 1. The topological polar surface area (TPSA) is 22.1 Å². The van der Waals surface area contributed by atoms with Crippen molar-refractivity contribution < 1.29 is 4.74 Å². The van der Waals surface area contributed by atoms with Crippen molar-refractivity contribution in [2.24, 2.45) is 5.41 Å². The van der Waals surface area contributed by atoms with Crippen molar-refractivity contribution in [3.05, 3.63) is 22.9 Å². The highest BCUT2D eigenvalue weighted by Gasteiger charge is 2.02. The van der Waals surface area contributed by atoms with Gasteiger partial charge in [-0.25, -0.2) is 0 Å². The Morgan fingerprint density at radius 2 is 2.13 bits per heavy atom. The first-order chi connectivity index (χ1) is 6.97. The van der Waals surface area contributed by atoms with Crippen LogP contribution >= 0.6 is 15.9 Å². The molecule has 0 bridgehead atoms. The Bertz CT molecular complexity index is 385. The summed E-state index contributed by atoms with van der Waals surface area (Å²) in [6.07, 6.45) is 3.39. The Kier molecular flexibility index (Phi) is 4.16.